The van der Waals surface area contributed by atoms with Crippen LogP contribution in [0.2, 0.25) is 0 Å². The second-order valence-corrected chi connectivity index (χ2v) is 4.51. The summed E-state index contributed by atoms with van der Waals surface area (Å²) in [6.07, 6.45) is 0. The van der Waals surface area contributed by atoms with E-state index in [2.05, 4.69) is 0 Å². The summed E-state index contributed by atoms with van der Waals surface area (Å²) in [5.41, 5.74) is 8.15. The SMILES string of the molecule is COc1ccccc1CN(C(C)=O)c1cccc(N)c1. The predicted molar refractivity (Wildman–Crippen MR) is 80.7 cm³/mol. The number of hydrogen-bond acceptors (Lipinski definition) is 3. The van der Waals surface area contributed by atoms with Gasteiger partial charge in [0.1, 0.15) is 5.75 Å². The molecule has 0 aromatic heterocycles. The van der Waals surface area contributed by atoms with Crippen LogP contribution < -0.4 is 15.4 Å². The van der Waals surface area contributed by atoms with E-state index in [0.29, 0.717) is 12.2 Å². The van der Waals surface area contributed by atoms with E-state index in [-0.39, 0.29) is 5.91 Å². The summed E-state index contributed by atoms with van der Waals surface area (Å²) < 4.78 is 5.32. The van der Waals surface area contributed by atoms with Gasteiger partial charge >= 0.3 is 0 Å². The van der Waals surface area contributed by atoms with E-state index in [0.717, 1.165) is 17.0 Å². The molecule has 4 nitrogen and oxygen atoms in total. The average molecular weight is 270 g/mol. The van der Waals surface area contributed by atoms with Crippen molar-refractivity contribution in [3.05, 3.63) is 54.1 Å². The van der Waals surface area contributed by atoms with Crippen LogP contribution in [-0.2, 0) is 11.3 Å². The topological polar surface area (TPSA) is 55.6 Å². The lowest BCUT2D eigenvalue weighted by Gasteiger charge is -2.22. The highest BCUT2D eigenvalue weighted by atomic mass is 16.5. The second-order valence-electron chi connectivity index (χ2n) is 4.51. The molecule has 0 spiro atoms. The smallest absolute Gasteiger partial charge is 0.224 e. The lowest BCUT2D eigenvalue weighted by molar-refractivity contribution is -0.116. The number of carbonyl (C=O) groups is 1. The normalized spacial score (nSPS) is 10.1. The number of nitrogen functional groups attached to an aromatic ring is 1. The molecule has 104 valence electrons. The Hall–Kier alpha value is -2.49. The average Bonchev–Trinajstić information content (AvgIpc) is 2.44. The number of carbonyl (C=O) groups excluding carboxylic acids is 1. The Morgan fingerprint density at radius 2 is 1.95 bits per heavy atom. The molecule has 0 saturated heterocycles. The molecule has 4 heteroatoms. The van der Waals surface area contributed by atoms with Crippen LogP contribution in [0.15, 0.2) is 48.5 Å². The molecule has 2 rings (SSSR count). The van der Waals surface area contributed by atoms with Gasteiger partial charge in [-0.05, 0) is 24.3 Å². The highest BCUT2D eigenvalue weighted by Crippen LogP contribution is 2.24. The highest BCUT2D eigenvalue weighted by molar-refractivity contribution is 5.91. The van der Waals surface area contributed by atoms with Crippen molar-refractivity contribution >= 4 is 17.3 Å². The van der Waals surface area contributed by atoms with Gasteiger partial charge in [-0.15, -0.1) is 0 Å². The minimum Gasteiger partial charge on any atom is -0.496 e. The fourth-order valence-electron chi connectivity index (χ4n) is 2.08. The van der Waals surface area contributed by atoms with Gasteiger partial charge in [-0.2, -0.15) is 0 Å². The van der Waals surface area contributed by atoms with Gasteiger partial charge < -0.3 is 15.4 Å². The van der Waals surface area contributed by atoms with Crippen LogP contribution >= 0.6 is 0 Å². The molecule has 2 aromatic carbocycles. The third-order valence-corrected chi connectivity index (χ3v) is 3.08. The molecule has 0 aliphatic rings. The van der Waals surface area contributed by atoms with Crippen LogP contribution in [0, 0.1) is 0 Å². The van der Waals surface area contributed by atoms with Crippen molar-refractivity contribution < 1.29 is 9.53 Å². The molecule has 2 N–H and O–H groups in total. The quantitative estimate of drug-likeness (QED) is 0.869. The number of hydrogen-bond donors (Lipinski definition) is 1. The summed E-state index contributed by atoms with van der Waals surface area (Å²) in [6.45, 7) is 1.99. The Bertz CT molecular complexity index is 611. The molecule has 0 saturated carbocycles. The Morgan fingerprint density at radius 3 is 2.60 bits per heavy atom. The van der Waals surface area contributed by atoms with Crippen molar-refractivity contribution in [2.75, 3.05) is 17.7 Å². The molecule has 0 aliphatic heterocycles. The maximum absolute atomic E-state index is 11.9. The molecular weight excluding hydrogens is 252 g/mol. The molecule has 0 bridgehead atoms. The lowest BCUT2D eigenvalue weighted by Crippen LogP contribution is -2.28. The fourth-order valence-corrected chi connectivity index (χ4v) is 2.08. The maximum Gasteiger partial charge on any atom is 0.224 e. The van der Waals surface area contributed by atoms with E-state index in [1.165, 1.54) is 0 Å². The Balaban J connectivity index is 2.33. The summed E-state index contributed by atoms with van der Waals surface area (Å²) >= 11 is 0. The predicted octanol–water partition coefficient (Wildman–Crippen LogP) is 2.83. The molecule has 20 heavy (non-hydrogen) atoms. The summed E-state index contributed by atoms with van der Waals surface area (Å²) in [5, 5.41) is 0. The van der Waals surface area contributed by atoms with E-state index < -0.39 is 0 Å². The number of para-hydroxylation sites is 1. The van der Waals surface area contributed by atoms with E-state index in [1.54, 1.807) is 31.1 Å². The first-order valence-corrected chi connectivity index (χ1v) is 6.37. The van der Waals surface area contributed by atoms with Crippen LogP contribution in [0.3, 0.4) is 0 Å². The fraction of sp³-hybridized carbons (Fsp3) is 0.188. The number of benzene rings is 2. The van der Waals surface area contributed by atoms with Crippen LogP contribution in [0.1, 0.15) is 12.5 Å². The van der Waals surface area contributed by atoms with Gasteiger partial charge in [-0.1, -0.05) is 24.3 Å². The van der Waals surface area contributed by atoms with E-state index >= 15 is 0 Å². The van der Waals surface area contributed by atoms with E-state index in [4.69, 9.17) is 10.5 Å². The van der Waals surface area contributed by atoms with Gasteiger partial charge in [0.05, 0.1) is 13.7 Å². The molecule has 0 unspecified atom stereocenters. The van der Waals surface area contributed by atoms with Crippen LogP contribution in [0.4, 0.5) is 11.4 Å². The second kappa shape index (κ2) is 6.10. The van der Waals surface area contributed by atoms with Crippen molar-refractivity contribution in [1.29, 1.82) is 0 Å². The van der Waals surface area contributed by atoms with E-state index in [9.17, 15) is 4.79 Å². The Morgan fingerprint density at radius 1 is 1.20 bits per heavy atom. The third-order valence-electron chi connectivity index (χ3n) is 3.08. The van der Waals surface area contributed by atoms with Crippen molar-refractivity contribution in [2.24, 2.45) is 0 Å². The molecule has 0 atom stereocenters. The van der Waals surface area contributed by atoms with Crippen molar-refractivity contribution in [3.8, 4) is 5.75 Å². The number of rotatable bonds is 4. The van der Waals surface area contributed by atoms with Crippen molar-refractivity contribution in [3.63, 3.8) is 0 Å². The number of nitrogens with two attached hydrogens (primary N) is 1. The number of amides is 1. The van der Waals surface area contributed by atoms with Crippen LogP contribution in [-0.4, -0.2) is 13.0 Å². The summed E-state index contributed by atoms with van der Waals surface area (Å²) in [5.74, 6) is 0.726. The van der Waals surface area contributed by atoms with Crippen LogP contribution in [0.5, 0.6) is 5.75 Å². The van der Waals surface area contributed by atoms with Gasteiger partial charge in [-0.25, -0.2) is 0 Å². The van der Waals surface area contributed by atoms with Crippen molar-refractivity contribution in [2.45, 2.75) is 13.5 Å². The molecule has 0 aliphatic carbocycles. The number of ether oxygens (including phenoxy) is 1. The number of nitrogens with zero attached hydrogens (tertiary/aromatic N) is 1. The van der Waals surface area contributed by atoms with Crippen LogP contribution in [0.25, 0.3) is 0 Å². The number of methoxy groups -OCH3 is 1. The van der Waals surface area contributed by atoms with Gasteiger partial charge in [0, 0.05) is 23.9 Å². The lowest BCUT2D eigenvalue weighted by atomic mass is 10.1. The minimum atomic E-state index is -0.0403. The zero-order valence-corrected chi connectivity index (χ0v) is 11.7. The molecule has 0 heterocycles. The first-order valence-electron chi connectivity index (χ1n) is 6.37. The zero-order valence-electron chi connectivity index (χ0n) is 11.7. The van der Waals surface area contributed by atoms with E-state index in [1.807, 2.05) is 36.4 Å². The summed E-state index contributed by atoms with van der Waals surface area (Å²) in [4.78, 5) is 13.6. The largest absolute Gasteiger partial charge is 0.496 e. The standard InChI is InChI=1S/C16H18N2O2/c1-12(19)18(15-8-5-7-14(17)10-15)11-13-6-3-4-9-16(13)20-2/h3-10H,11,17H2,1-2H3. The number of anilines is 2. The summed E-state index contributed by atoms with van der Waals surface area (Å²) in [7, 11) is 1.62. The van der Waals surface area contributed by atoms with Crippen molar-refractivity contribution in [1.82, 2.24) is 0 Å². The maximum atomic E-state index is 11.9. The third kappa shape index (κ3) is 3.09. The molecule has 0 fully saturated rings. The first kappa shape index (κ1) is 13.9. The van der Waals surface area contributed by atoms with Gasteiger partial charge in [0.15, 0.2) is 0 Å². The Labute approximate surface area is 118 Å². The van der Waals surface area contributed by atoms with Gasteiger partial charge in [0.25, 0.3) is 0 Å². The molecule has 1 amide bonds. The molecular formula is C16H18N2O2. The first-order chi connectivity index (χ1) is 9.61. The minimum absolute atomic E-state index is 0.0403. The molecule has 0 radical (unpaired) electrons. The molecule has 2 aromatic rings. The summed E-state index contributed by atoms with van der Waals surface area (Å²) in [6, 6.07) is 14.9. The Kier molecular flexibility index (Phi) is 4.25. The van der Waals surface area contributed by atoms with Gasteiger partial charge in [0.2, 0.25) is 5.91 Å². The monoisotopic (exact) mass is 270 g/mol. The van der Waals surface area contributed by atoms with Gasteiger partial charge in [-0.3, -0.25) is 4.79 Å². The zero-order chi connectivity index (χ0) is 14.5. The highest BCUT2D eigenvalue weighted by Gasteiger charge is 2.14.